The van der Waals surface area contributed by atoms with E-state index in [0.717, 1.165) is 95.6 Å². The van der Waals surface area contributed by atoms with Crippen LogP contribution in [0.15, 0.2) is 218 Å². The lowest BCUT2D eigenvalue weighted by atomic mass is 9.88. The lowest BCUT2D eigenvalue weighted by molar-refractivity contribution is 0.480. The van der Waals surface area contributed by atoms with Crippen LogP contribution in [0.2, 0.25) is 0 Å². The standard InChI is InChI=1S/C58H46N2O2/c1-4-7-8-20-37-59(51(6-3)45(5-2)40-21-12-9-13-22-40)43-29-31-47-49-33-36-54-58-50(34-35-53(57(49)58)61-55(47)38-43)48-32-30-44(39-56(48)62-54)60(42-25-16-11-17-26-42)52-28-19-18-27-46(52)41-23-14-10-15-24-41/h4-36,38-39H,37H2,1-3H3. The molecule has 0 N–H and O–H groups in total. The van der Waals surface area contributed by atoms with Gasteiger partial charge in [-0.1, -0.05) is 134 Å². The zero-order chi connectivity index (χ0) is 42.0. The molecule has 0 radical (unpaired) electrons. The zero-order valence-corrected chi connectivity index (χ0v) is 35.1. The smallest absolute Gasteiger partial charge is 0.137 e. The first kappa shape index (κ1) is 38.4. The lowest BCUT2D eigenvalue weighted by Gasteiger charge is -2.31. The molecule has 10 rings (SSSR count). The third-order valence-electron chi connectivity index (χ3n) is 11.8. The summed E-state index contributed by atoms with van der Waals surface area (Å²) in [5.74, 6) is 3.29. The number of hydrogen-bond donors (Lipinski definition) is 0. The van der Waals surface area contributed by atoms with Crippen molar-refractivity contribution in [1.29, 1.82) is 0 Å². The van der Waals surface area contributed by atoms with Crippen molar-refractivity contribution in [2.75, 3.05) is 16.3 Å². The Balaban J connectivity index is 1.04. The molecule has 300 valence electrons. The van der Waals surface area contributed by atoms with Gasteiger partial charge in [-0.2, -0.15) is 0 Å². The molecule has 0 saturated heterocycles. The summed E-state index contributed by atoms with van der Waals surface area (Å²) in [6, 6.07) is 62.1. The van der Waals surface area contributed by atoms with Gasteiger partial charge in [0.25, 0.3) is 0 Å². The van der Waals surface area contributed by atoms with Crippen molar-refractivity contribution in [3.63, 3.8) is 0 Å². The number of fused-ring (bicyclic) bond motifs is 4. The molecule has 0 aliphatic carbocycles. The maximum absolute atomic E-state index is 6.90. The SMILES string of the molecule is CC=CC=CCN(C(=CC)C(=CC)c1ccccc1)c1ccc2c(c1)Oc1ccc3c4c(ccc-2c14)Oc1cc(N(c2ccccc2)c2ccccc2-c2ccccc2)ccc1-3. The van der Waals surface area contributed by atoms with Crippen LogP contribution in [-0.2, 0) is 0 Å². The van der Waals surface area contributed by atoms with E-state index in [2.05, 4.69) is 230 Å². The minimum absolute atomic E-state index is 0.687. The first-order valence-corrected chi connectivity index (χ1v) is 21.3. The highest BCUT2D eigenvalue weighted by Crippen LogP contribution is 2.56. The summed E-state index contributed by atoms with van der Waals surface area (Å²) in [5.41, 5.74) is 14.4. The number of allylic oxidation sites excluding steroid dienone is 6. The van der Waals surface area contributed by atoms with Gasteiger partial charge in [0.05, 0.1) is 5.69 Å². The first-order chi connectivity index (χ1) is 30.6. The normalized spacial score (nSPS) is 12.8. The molecule has 0 unspecified atom stereocenters. The van der Waals surface area contributed by atoms with Crippen molar-refractivity contribution in [3.05, 3.63) is 224 Å². The Morgan fingerprint density at radius 2 is 1.03 bits per heavy atom. The van der Waals surface area contributed by atoms with Gasteiger partial charge in [0, 0.05) is 74.5 Å². The molecule has 0 fully saturated rings. The quantitative estimate of drug-likeness (QED) is 0.122. The maximum Gasteiger partial charge on any atom is 0.137 e. The second-order valence-electron chi connectivity index (χ2n) is 15.4. The minimum Gasteiger partial charge on any atom is -0.456 e. The largest absolute Gasteiger partial charge is 0.456 e. The third kappa shape index (κ3) is 6.86. The highest BCUT2D eigenvalue weighted by Gasteiger charge is 2.30. The molecule has 8 aromatic carbocycles. The number of para-hydroxylation sites is 2. The van der Waals surface area contributed by atoms with E-state index in [9.17, 15) is 0 Å². The van der Waals surface area contributed by atoms with Crippen LogP contribution in [0.5, 0.6) is 23.0 Å². The number of anilines is 4. The molecule has 0 amide bonds. The molecule has 2 aliphatic rings. The summed E-state index contributed by atoms with van der Waals surface area (Å²) in [7, 11) is 0. The number of nitrogens with zero attached hydrogens (tertiary/aromatic N) is 2. The molecule has 62 heavy (non-hydrogen) atoms. The Labute approximate surface area is 364 Å². The average Bonchev–Trinajstić information content (AvgIpc) is 3.33. The summed E-state index contributed by atoms with van der Waals surface area (Å²) >= 11 is 0. The van der Waals surface area contributed by atoms with Gasteiger partial charge in [0.1, 0.15) is 23.0 Å². The van der Waals surface area contributed by atoms with Crippen molar-refractivity contribution >= 4 is 39.1 Å². The molecule has 0 aromatic heterocycles. The van der Waals surface area contributed by atoms with Crippen molar-refractivity contribution in [2.24, 2.45) is 0 Å². The van der Waals surface area contributed by atoms with Crippen LogP contribution in [0, 0.1) is 0 Å². The second-order valence-corrected chi connectivity index (χ2v) is 15.4. The van der Waals surface area contributed by atoms with Crippen LogP contribution in [0.1, 0.15) is 26.3 Å². The predicted molar refractivity (Wildman–Crippen MR) is 260 cm³/mol. The summed E-state index contributed by atoms with van der Waals surface area (Å²) in [5, 5.41) is 2.13. The predicted octanol–water partition coefficient (Wildman–Crippen LogP) is 16.5. The summed E-state index contributed by atoms with van der Waals surface area (Å²) in [6.07, 6.45) is 12.8. The average molecular weight is 803 g/mol. The van der Waals surface area contributed by atoms with Gasteiger partial charge in [0.15, 0.2) is 0 Å². The first-order valence-electron chi connectivity index (χ1n) is 21.3. The molecule has 8 aromatic rings. The number of ether oxygens (including phenoxy) is 2. The Bertz CT molecular complexity index is 3070. The Morgan fingerprint density at radius 1 is 0.468 bits per heavy atom. The fraction of sp³-hybridized carbons (Fsp3) is 0.0690. The number of benzene rings is 8. The van der Waals surface area contributed by atoms with Crippen LogP contribution in [0.4, 0.5) is 22.7 Å². The van der Waals surface area contributed by atoms with E-state index < -0.39 is 0 Å². The zero-order valence-electron chi connectivity index (χ0n) is 35.1. The topological polar surface area (TPSA) is 24.9 Å². The Hall–Kier alpha value is -7.82. The van der Waals surface area contributed by atoms with Crippen LogP contribution in [0.25, 0.3) is 49.7 Å². The van der Waals surface area contributed by atoms with E-state index in [4.69, 9.17) is 9.47 Å². The van der Waals surface area contributed by atoms with Gasteiger partial charge in [-0.25, -0.2) is 0 Å². The molecule has 4 nitrogen and oxygen atoms in total. The molecular formula is C58H46N2O2. The van der Waals surface area contributed by atoms with Crippen LogP contribution in [0.3, 0.4) is 0 Å². The van der Waals surface area contributed by atoms with Crippen molar-refractivity contribution < 1.29 is 9.47 Å². The molecule has 2 aliphatic heterocycles. The molecule has 0 spiro atoms. The molecule has 2 heterocycles. The summed E-state index contributed by atoms with van der Waals surface area (Å²) in [6.45, 7) is 6.94. The van der Waals surface area contributed by atoms with Gasteiger partial charge in [0.2, 0.25) is 0 Å². The fourth-order valence-electron chi connectivity index (χ4n) is 9.00. The van der Waals surface area contributed by atoms with Gasteiger partial charge in [-0.3, -0.25) is 0 Å². The maximum atomic E-state index is 6.90. The Morgan fingerprint density at radius 3 is 1.66 bits per heavy atom. The Kier molecular flexibility index (Phi) is 10.3. The highest BCUT2D eigenvalue weighted by molar-refractivity contribution is 6.14. The van der Waals surface area contributed by atoms with E-state index in [0.29, 0.717) is 6.54 Å². The van der Waals surface area contributed by atoms with Gasteiger partial charge < -0.3 is 19.3 Å². The molecule has 0 saturated carbocycles. The fourth-order valence-corrected chi connectivity index (χ4v) is 9.00. The van der Waals surface area contributed by atoms with Crippen molar-refractivity contribution in [2.45, 2.75) is 20.8 Å². The number of rotatable bonds is 11. The highest BCUT2D eigenvalue weighted by atomic mass is 16.5. The van der Waals surface area contributed by atoms with E-state index in [1.54, 1.807) is 0 Å². The van der Waals surface area contributed by atoms with Crippen LogP contribution < -0.4 is 19.3 Å². The lowest BCUT2D eigenvalue weighted by Crippen LogP contribution is -2.23. The number of hydrogen-bond acceptors (Lipinski definition) is 4. The van der Waals surface area contributed by atoms with Crippen LogP contribution >= 0.6 is 0 Å². The summed E-state index contributed by atoms with van der Waals surface area (Å²) < 4.78 is 13.8. The van der Waals surface area contributed by atoms with Crippen molar-refractivity contribution in [3.8, 4) is 56.4 Å². The monoisotopic (exact) mass is 802 g/mol. The van der Waals surface area contributed by atoms with Crippen molar-refractivity contribution in [1.82, 2.24) is 0 Å². The van der Waals surface area contributed by atoms with Gasteiger partial charge >= 0.3 is 0 Å². The van der Waals surface area contributed by atoms with Crippen LogP contribution in [-0.4, -0.2) is 6.54 Å². The van der Waals surface area contributed by atoms with E-state index in [-0.39, 0.29) is 0 Å². The van der Waals surface area contributed by atoms with Gasteiger partial charge in [-0.05, 0) is 110 Å². The molecule has 4 heteroatoms. The van der Waals surface area contributed by atoms with Gasteiger partial charge in [-0.15, -0.1) is 0 Å². The molecular weight excluding hydrogens is 757 g/mol. The third-order valence-corrected chi connectivity index (χ3v) is 11.8. The summed E-state index contributed by atoms with van der Waals surface area (Å²) in [4.78, 5) is 4.68. The minimum atomic E-state index is 0.687. The van der Waals surface area contributed by atoms with E-state index in [1.165, 1.54) is 11.1 Å². The molecule has 0 bridgehead atoms. The van der Waals surface area contributed by atoms with E-state index in [1.807, 2.05) is 13.0 Å². The molecule has 0 atom stereocenters. The second kappa shape index (κ2) is 16.7. The van der Waals surface area contributed by atoms with E-state index >= 15 is 0 Å².